The van der Waals surface area contributed by atoms with Gasteiger partial charge in [-0.05, 0) is 31.5 Å². The highest BCUT2D eigenvalue weighted by Gasteiger charge is 2.46. The van der Waals surface area contributed by atoms with Gasteiger partial charge in [0.05, 0.1) is 18.2 Å². The molecule has 1 N–H and O–H groups in total. The number of rotatable bonds is 6. The van der Waals surface area contributed by atoms with E-state index in [1.165, 1.54) is 23.1 Å². The molecule has 0 bridgehead atoms. The van der Waals surface area contributed by atoms with Crippen LogP contribution in [0.2, 0.25) is 0 Å². The molecule has 6 heteroatoms. The smallest absolute Gasteiger partial charge is 0.295 e. The summed E-state index contributed by atoms with van der Waals surface area (Å²) in [6, 6.07) is 11.6. The second-order valence-corrected chi connectivity index (χ2v) is 6.47. The average Bonchev–Trinajstić information content (AvgIpc) is 2.93. The predicted molar refractivity (Wildman–Crippen MR) is 103 cm³/mol. The van der Waals surface area contributed by atoms with Crippen molar-refractivity contribution in [3.8, 4) is 5.75 Å². The zero-order valence-electron chi connectivity index (χ0n) is 15.8. The molecule has 5 nitrogen and oxygen atoms in total. The van der Waals surface area contributed by atoms with Gasteiger partial charge in [0.2, 0.25) is 0 Å². The molecular weight excluding hydrogens is 361 g/mol. The standard InChI is InChI=1S/C22H22FNO4/c1-3-12-24-19(16-10-5-6-11-17(16)23)18(21(26)22(24)27)20(25)14-8-7-9-15(13-14)28-4-2/h5-11,13,19,25H,3-4,12H2,1-2H3/b20-18-. The molecule has 0 saturated carbocycles. The summed E-state index contributed by atoms with van der Waals surface area (Å²) in [5, 5.41) is 10.9. The molecule has 146 valence electrons. The van der Waals surface area contributed by atoms with Gasteiger partial charge in [-0.1, -0.05) is 37.3 Å². The summed E-state index contributed by atoms with van der Waals surface area (Å²) in [7, 11) is 0. The van der Waals surface area contributed by atoms with E-state index >= 15 is 0 Å². The molecule has 1 heterocycles. The molecule has 1 fully saturated rings. The third-order valence-corrected chi connectivity index (χ3v) is 4.62. The molecular formula is C22H22FNO4. The minimum absolute atomic E-state index is 0.114. The van der Waals surface area contributed by atoms with Gasteiger partial charge in [0.15, 0.2) is 0 Å². The fourth-order valence-electron chi connectivity index (χ4n) is 3.43. The van der Waals surface area contributed by atoms with Gasteiger partial charge >= 0.3 is 0 Å². The second-order valence-electron chi connectivity index (χ2n) is 6.47. The minimum atomic E-state index is -0.975. The van der Waals surface area contributed by atoms with Crippen LogP contribution in [0.5, 0.6) is 5.75 Å². The highest BCUT2D eigenvalue weighted by atomic mass is 19.1. The van der Waals surface area contributed by atoms with Crippen LogP contribution in [0.1, 0.15) is 37.4 Å². The van der Waals surface area contributed by atoms with E-state index in [4.69, 9.17) is 4.74 Å². The number of carbonyl (C=O) groups excluding carboxylic acids is 2. The van der Waals surface area contributed by atoms with Gasteiger partial charge < -0.3 is 14.7 Å². The van der Waals surface area contributed by atoms with Gasteiger partial charge in [0, 0.05) is 17.7 Å². The number of aliphatic hydroxyl groups excluding tert-OH is 1. The number of ketones is 1. The van der Waals surface area contributed by atoms with Crippen LogP contribution in [-0.4, -0.2) is 34.8 Å². The van der Waals surface area contributed by atoms with E-state index in [9.17, 15) is 19.1 Å². The van der Waals surface area contributed by atoms with E-state index < -0.39 is 23.5 Å². The zero-order valence-corrected chi connectivity index (χ0v) is 15.8. The Morgan fingerprint density at radius 1 is 1.14 bits per heavy atom. The van der Waals surface area contributed by atoms with E-state index in [1.54, 1.807) is 30.3 Å². The molecule has 2 aromatic rings. The molecule has 1 saturated heterocycles. The van der Waals surface area contributed by atoms with Crippen LogP contribution in [-0.2, 0) is 9.59 Å². The van der Waals surface area contributed by atoms with Crippen molar-refractivity contribution in [2.45, 2.75) is 26.3 Å². The van der Waals surface area contributed by atoms with Gasteiger partial charge in [0.25, 0.3) is 11.7 Å². The summed E-state index contributed by atoms with van der Waals surface area (Å²) in [5.41, 5.74) is 0.400. The van der Waals surface area contributed by atoms with Crippen molar-refractivity contribution in [1.82, 2.24) is 4.90 Å². The molecule has 2 aromatic carbocycles. The van der Waals surface area contributed by atoms with Crippen molar-refractivity contribution in [3.63, 3.8) is 0 Å². The van der Waals surface area contributed by atoms with Crippen molar-refractivity contribution in [2.24, 2.45) is 0 Å². The summed E-state index contributed by atoms with van der Waals surface area (Å²) in [5.74, 6) is -1.91. The average molecular weight is 383 g/mol. The lowest BCUT2D eigenvalue weighted by atomic mass is 9.95. The Morgan fingerprint density at radius 2 is 1.89 bits per heavy atom. The molecule has 1 atom stereocenters. The molecule has 28 heavy (non-hydrogen) atoms. The number of aliphatic hydroxyl groups is 1. The third-order valence-electron chi connectivity index (χ3n) is 4.62. The van der Waals surface area contributed by atoms with Crippen molar-refractivity contribution < 1.29 is 23.8 Å². The van der Waals surface area contributed by atoms with Gasteiger partial charge in [-0.25, -0.2) is 4.39 Å². The number of ether oxygens (including phenoxy) is 1. The molecule has 0 aromatic heterocycles. The van der Waals surface area contributed by atoms with Gasteiger partial charge in [-0.3, -0.25) is 9.59 Å². The topological polar surface area (TPSA) is 66.8 Å². The Kier molecular flexibility index (Phi) is 5.78. The largest absolute Gasteiger partial charge is 0.507 e. The lowest BCUT2D eigenvalue weighted by Gasteiger charge is -2.25. The molecule has 0 aliphatic carbocycles. The number of hydrogen-bond donors (Lipinski definition) is 1. The van der Waals surface area contributed by atoms with Crippen LogP contribution < -0.4 is 4.74 Å². The minimum Gasteiger partial charge on any atom is -0.507 e. The lowest BCUT2D eigenvalue weighted by Crippen LogP contribution is -2.30. The summed E-state index contributed by atoms with van der Waals surface area (Å²) in [6.45, 7) is 4.42. The van der Waals surface area contributed by atoms with E-state index in [-0.39, 0.29) is 23.4 Å². The summed E-state index contributed by atoms with van der Waals surface area (Å²) < 4.78 is 20.0. The number of likely N-dealkylation sites (tertiary alicyclic amines) is 1. The van der Waals surface area contributed by atoms with Crippen LogP contribution in [0, 0.1) is 5.82 Å². The zero-order chi connectivity index (χ0) is 20.3. The molecule has 1 amide bonds. The normalized spacial score (nSPS) is 18.5. The maximum absolute atomic E-state index is 14.5. The molecule has 3 rings (SSSR count). The van der Waals surface area contributed by atoms with Gasteiger partial charge in [0.1, 0.15) is 17.3 Å². The van der Waals surface area contributed by atoms with Crippen LogP contribution in [0.3, 0.4) is 0 Å². The van der Waals surface area contributed by atoms with Crippen molar-refractivity contribution in [2.75, 3.05) is 13.2 Å². The number of nitrogens with zero attached hydrogens (tertiary/aromatic N) is 1. The first-order valence-corrected chi connectivity index (χ1v) is 9.25. The summed E-state index contributed by atoms with van der Waals surface area (Å²) in [6.07, 6.45) is 0.595. The van der Waals surface area contributed by atoms with Crippen LogP contribution >= 0.6 is 0 Å². The number of hydrogen-bond acceptors (Lipinski definition) is 4. The van der Waals surface area contributed by atoms with Gasteiger partial charge in [-0.15, -0.1) is 0 Å². The Balaban J connectivity index is 2.19. The molecule has 0 spiro atoms. The first kappa shape index (κ1) is 19.6. The highest BCUT2D eigenvalue weighted by molar-refractivity contribution is 6.46. The fraction of sp³-hybridized carbons (Fsp3) is 0.273. The van der Waals surface area contributed by atoms with Crippen LogP contribution in [0.4, 0.5) is 4.39 Å². The third kappa shape index (κ3) is 3.50. The predicted octanol–water partition coefficient (Wildman–Crippen LogP) is 4.06. The monoisotopic (exact) mass is 383 g/mol. The summed E-state index contributed by atoms with van der Waals surface area (Å²) in [4.78, 5) is 26.7. The Bertz CT molecular complexity index is 938. The Hall–Kier alpha value is -3.15. The van der Waals surface area contributed by atoms with E-state index in [1.807, 2.05) is 13.8 Å². The number of benzene rings is 2. The molecule has 0 radical (unpaired) electrons. The lowest BCUT2D eigenvalue weighted by molar-refractivity contribution is -0.139. The number of halogens is 1. The molecule has 1 aliphatic heterocycles. The first-order valence-electron chi connectivity index (χ1n) is 9.25. The highest BCUT2D eigenvalue weighted by Crippen LogP contribution is 2.40. The quantitative estimate of drug-likeness (QED) is 0.464. The fourth-order valence-corrected chi connectivity index (χ4v) is 3.43. The molecule has 1 unspecified atom stereocenters. The SMILES string of the molecule is CCCN1C(=O)C(=O)/C(=C(\O)c2cccc(OCC)c2)C1c1ccccc1F. The van der Waals surface area contributed by atoms with E-state index in [2.05, 4.69) is 0 Å². The maximum Gasteiger partial charge on any atom is 0.295 e. The number of Topliss-reactive ketones (excluding diaryl/α,β-unsaturated/α-hetero) is 1. The number of amides is 1. The summed E-state index contributed by atoms with van der Waals surface area (Å²) >= 11 is 0. The van der Waals surface area contributed by atoms with Crippen molar-refractivity contribution in [1.29, 1.82) is 0 Å². The maximum atomic E-state index is 14.5. The van der Waals surface area contributed by atoms with E-state index in [0.29, 0.717) is 24.3 Å². The Labute approximate surface area is 163 Å². The molecule has 1 aliphatic rings. The van der Waals surface area contributed by atoms with Crippen LogP contribution in [0.25, 0.3) is 5.76 Å². The van der Waals surface area contributed by atoms with E-state index in [0.717, 1.165) is 0 Å². The van der Waals surface area contributed by atoms with Crippen LogP contribution in [0.15, 0.2) is 54.1 Å². The first-order chi connectivity index (χ1) is 13.5. The van der Waals surface area contributed by atoms with Crippen molar-refractivity contribution >= 4 is 17.4 Å². The number of carbonyl (C=O) groups is 2. The van der Waals surface area contributed by atoms with Crippen molar-refractivity contribution in [3.05, 3.63) is 71.0 Å². The van der Waals surface area contributed by atoms with Gasteiger partial charge in [-0.2, -0.15) is 0 Å². The second kappa shape index (κ2) is 8.25. The Morgan fingerprint density at radius 3 is 2.57 bits per heavy atom.